The van der Waals surface area contributed by atoms with Crippen molar-refractivity contribution < 1.29 is 14.3 Å². The number of hydrazone groups is 1. The Morgan fingerprint density at radius 2 is 1.79 bits per heavy atom. The Balaban J connectivity index is 1.50. The molecule has 152 valence electrons. The number of nitrogens with zero attached hydrogens (tertiary/aromatic N) is 3. The third kappa shape index (κ3) is 5.63. The Bertz CT molecular complexity index is 842. The summed E-state index contributed by atoms with van der Waals surface area (Å²) in [4.78, 5) is 30.5. The molecule has 1 aromatic carbocycles. The molecule has 2 atom stereocenters. The van der Waals surface area contributed by atoms with Crippen LogP contribution in [0.15, 0.2) is 53.9 Å². The first kappa shape index (κ1) is 20.5. The number of hydrogen-bond donors (Lipinski definition) is 1. The predicted octanol–water partition coefficient (Wildman–Crippen LogP) is 3.01. The van der Waals surface area contributed by atoms with Crippen molar-refractivity contribution in [1.29, 1.82) is 0 Å². The van der Waals surface area contributed by atoms with E-state index in [9.17, 15) is 9.59 Å². The molecule has 0 aliphatic carbocycles. The lowest BCUT2D eigenvalue weighted by Crippen LogP contribution is -2.49. The van der Waals surface area contributed by atoms with Crippen LogP contribution in [0.25, 0.3) is 0 Å². The van der Waals surface area contributed by atoms with Gasteiger partial charge >= 0.3 is 0 Å². The summed E-state index contributed by atoms with van der Waals surface area (Å²) in [6.07, 6.45) is 8.07. The Morgan fingerprint density at radius 3 is 2.45 bits per heavy atom. The molecule has 2 heterocycles. The molecule has 29 heavy (non-hydrogen) atoms. The summed E-state index contributed by atoms with van der Waals surface area (Å²) < 4.78 is 5.63. The fourth-order valence-corrected chi connectivity index (χ4v) is 3.51. The Morgan fingerprint density at radius 1 is 1.14 bits per heavy atom. The van der Waals surface area contributed by atoms with Crippen LogP contribution in [-0.4, -0.2) is 46.6 Å². The Labute approximate surface area is 170 Å². The fraction of sp³-hybridized carbons (Fsp3) is 0.364. The molecule has 1 fully saturated rings. The summed E-state index contributed by atoms with van der Waals surface area (Å²) in [5.41, 5.74) is 3.77. The second kappa shape index (κ2) is 9.82. The van der Waals surface area contributed by atoms with E-state index < -0.39 is 0 Å². The maximum absolute atomic E-state index is 12.5. The minimum atomic E-state index is -0.325. The molecule has 0 bridgehead atoms. The summed E-state index contributed by atoms with van der Waals surface area (Å²) in [7, 11) is 0. The Hall–Kier alpha value is -3.22. The quantitative estimate of drug-likeness (QED) is 0.603. The molecule has 2 aromatic rings. The number of carbonyl (C=O) groups is 2. The summed E-state index contributed by atoms with van der Waals surface area (Å²) in [6, 6.07) is 10.7. The van der Waals surface area contributed by atoms with Crippen LogP contribution in [0.3, 0.4) is 0 Å². The zero-order chi connectivity index (χ0) is 20.6. The SMILES string of the molecule is CC1CCCC(C)N1C(=O)COc1ccc(C(=O)N/N=C/c2ccncc2)cc1. The molecule has 7 heteroatoms. The van der Waals surface area contributed by atoms with Crippen LogP contribution in [0, 0.1) is 0 Å². The molecule has 1 saturated heterocycles. The zero-order valence-corrected chi connectivity index (χ0v) is 16.7. The highest BCUT2D eigenvalue weighted by atomic mass is 16.5. The number of ether oxygens (including phenoxy) is 1. The molecule has 2 amide bonds. The van der Waals surface area contributed by atoms with Crippen molar-refractivity contribution in [1.82, 2.24) is 15.3 Å². The molecule has 1 aliphatic heterocycles. The highest BCUT2D eigenvalue weighted by Crippen LogP contribution is 2.23. The third-order valence-electron chi connectivity index (χ3n) is 5.05. The maximum atomic E-state index is 12.5. The van der Waals surface area contributed by atoms with Gasteiger partial charge in [0.15, 0.2) is 6.61 Å². The van der Waals surface area contributed by atoms with E-state index in [1.54, 1.807) is 55.0 Å². The molecule has 1 aromatic heterocycles. The molecule has 0 saturated carbocycles. The van der Waals surface area contributed by atoms with E-state index in [1.165, 1.54) is 0 Å². The number of amides is 2. The maximum Gasteiger partial charge on any atom is 0.271 e. The lowest BCUT2D eigenvalue weighted by Gasteiger charge is -2.38. The normalized spacial score (nSPS) is 19.2. The molecule has 2 unspecified atom stereocenters. The molecular formula is C22H26N4O3. The summed E-state index contributed by atoms with van der Waals surface area (Å²) in [5.74, 6) is 0.221. The van der Waals surface area contributed by atoms with Crippen LogP contribution in [0.5, 0.6) is 5.75 Å². The van der Waals surface area contributed by atoms with Gasteiger partial charge in [-0.25, -0.2) is 5.43 Å². The van der Waals surface area contributed by atoms with Gasteiger partial charge in [0.25, 0.3) is 11.8 Å². The van der Waals surface area contributed by atoms with E-state index in [1.807, 2.05) is 4.90 Å². The molecule has 1 aliphatic rings. The Kier molecular flexibility index (Phi) is 6.94. The predicted molar refractivity (Wildman–Crippen MR) is 111 cm³/mol. The standard InChI is InChI=1S/C22H26N4O3/c1-16-4-3-5-17(2)26(16)21(27)15-29-20-8-6-19(7-9-20)22(28)25-24-14-18-10-12-23-13-11-18/h6-14,16-17H,3-5,15H2,1-2H3,(H,25,28)/b24-14+. The first-order valence-corrected chi connectivity index (χ1v) is 9.82. The lowest BCUT2D eigenvalue weighted by atomic mass is 9.97. The number of carbonyl (C=O) groups excluding carboxylic acids is 2. The number of aromatic nitrogens is 1. The van der Waals surface area contributed by atoms with Gasteiger partial charge in [0.2, 0.25) is 0 Å². The van der Waals surface area contributed by atoms with E-state index >= 15 is 0 Å². The lowest BCUT2D eigenvalue weighted by molar-refractivity contribution is -0.139. The van der Waals surface area contributed by atoms with Crippen LogP contribution >= 0.6 is 0 Å². The van der Waals surface area contributed by atoms with Gasteiger partial charge in [-0.3, -0.25) is 14.6 Å². The second-order valence-electron chi connectivity index (χ2n) is 7.22. The van der Waals surface area contributed by atoms with Gasteiger partial charge in [-0.15, -0.1) is 0 Å². The molecule has 1 N–H and O–H groups in total. The molecule has 7 nitrogen and oxygen atoms in total. The van der Waals surface area contributed by atoms with E-state index in [-0.39, 0.29) is 30.5 Å². The molecular weight excluding hydrogens is 368 g/mol. The van der Waals surface area contributed by atoms with Gasteiger partial charge in [0.05, 0.1) is 6.21 Å². The average Bonchev–Trinajstić information content (AvgIpc) is 2.73. The smallest absolute Gasteiger partial charge is 0.271 e. The van der Waals surface area contributed by atoms with Crippen molar-refractivity contribution in [2.75, 3.05) is 6.61 Å². The van der Waals surface area contributed by atoms with Gasteiger partial charge in [0.1, 0.15) is 5.75 Å². The molecule has 3 rings (SSSR count). The van der Waals surface area contributed by atoms with Gasteiger partial charge in [-0.1, -0.05) is 0 Å². The van der Waals surface area contributed by atoms with Gasteiger partial charge in [-0.2, -0.15) is 5.10 Å². The first-order valence-electron chi connectivity index (χ1n) is 9.82. The number of likely N-dealkylation sites (tertiary alicyclic amines) is 1. The van der Waals surface area contributed by atoms with E-state index in [0.29, 0.717) is 11.3 Å². The van der Waals surface area contributed by atoms with Crippen LogP contribution in [0.4, 0.5) is 0 Å². The number of pyridine rings is 1. The number of benzene rings is 1. The van der Waals surface area contributed by atoms with E-state index in [4.69, 9.17) is 4.74 Å². The first-order chi connectivity index (χ1) is 14.0. The monoisotopic (exact) mass is 394 g/mol. The zero-order valence-electron chi connectivity index (χ0n) is 16.7. The van der Waals surface area contributed by atoms with Crippen LogP contribution in [0.1, 0.15) is 49.0 Å². The van der Waals surface area contributed by atoms with Crippen molar-refractivity contribution in [3.05, 3.63) is 59.9 Å². The fourth-order valence-electron chi connectivity index (χ4n) is 3.51. The van der Waals surface area contributed by atoms with Crippen molar-refractivity contribution >= 4 is 18.0 Å². The average molecular weight is 394 g/mol. The van der Waals surface area contributed by atoms with E-state index in [2.05, 4.69) is 29.4 Å². The van der Waals surface area contributed by atoms with Gasteiger partial charge < -0.3 is 9.64 Å². The minimum absolute atomic E-state index is 0.00281. The van der Waals surface area contributed by atoms with Gasteiger partial charge in [-0.05, 0) is 75.1 Å². The van der Waals surface area contributed by atoms with Crippen molar-refractivity contribution in [2.45, 2.75) is 45.2 Å². The van der Waals surface area contributed by atoms with Crippen molar-refractivity contribution in [3.63, 3.8) is 0 Å². The minimum Gasteiger partial charge on any atom is -0.484 e. The number of hydrogen-bond acceptors (Lipinski definition) is 5. The highest BCUT2D eigenvalue weighted by molar-refractivity contribution is 5.95. The number of nitrogens with one attached hydrogen (secondary N) is 1. The molecule has 0 radical (unpaired) electrons. The highest BCUT2D eigenvalue weighted by Gasteiger charge is 2.28. The van der Waals surface area contributed by atoms with E-state index in [0.717, 1.165) is 24.8 Å². The topological polar surface area (TPSA) is 83.9 Å². The van der Waals surface area contributed by atoms with Crippen molar-refractivity contribution in [2.24, 2.45) is 5.10 Å². The van der Waals surface area contributed by atoms with Crippen LogP contribution in [-0.2, 0) is 4.79 Å². The third-order valence-corrected chi connectivity index (χ3v) is 5.05. The number of piperidine rings is 1. The van der Waals surface area contributed by atoms with Crippen molar-refractivity contribution in [3.8, 4) is 5.75 Å². The summed E-state index contributed by atoms with van der Waals surface area (Å²) >= 11 is 0. The number of rotatable bonds is 6. The summed E-state index contributed by atoms with van der Waals surface area (Å²) in [5, 5.41) is 3.93. The molecule has 0 spiro atoms. The summed E-state index contributed by atoms with van der Waals surface area (Å²) in [6.45, 7) is 4.16. The largest absolute Gasteiger partial charge is 0.484 e. The van der Waals surface area contributed by atoms with Gasteiger partial charge in [0, 0.05) is 30.0 Å². The van der Waals surface area contributed by atoms with Crippen LogP contribution < -0.4 is 10.2 Å². The van der Waals surface area contributed by atoms with Crippen LogP contribution in [0.2, 0.25) is 0 Å². The second-order valence-corrected chi connectivity index (χ2v) is 7.22.